The van der Waals surface area contributed by atoms with Gasteiger partial charge in [0.1, 0.15) is 0 Å². The molecule has 102 valence electrons. The van der Waals surface area contributed by atoms with Gasteiger partial charge in [-0.2, -0.15) is 5.10 Å². The fraction of sp³-hybridized carbons (Fsp3) is 0.800. The van der Waals surface area contributed by atoms with Crippen LogP contribution >= 0.6 is 0 Å². The van der Waals surface area contributed by atoms with Crippen molar-refractivity contribution >= 4 is 0 Å². The molecule has 0 aliphatic heterocycles. The van der Waals surface area contributed by atoms with Crippen LogP contribution in [0.4, 0.5) is 0 Å². The third kappa shape index (κ3) is 3.35. The highest BCUT2D eigenvalue weighted by Crippen LogP contribution is 2.35. The van der Waals surface area contributed by atoms with Gasteiger partial charge in [0.2, 0.25) is 0 Å². The van der Waals surface area contributed by atoms with Crippen LogP contribution in [0.2, 0.25) is 0 Å². The van der Waals surface area contributed by atoms with Gasteiger partial charge in [0.25, 0.3) is 0 Å². The van der Waals surface area contributed by atoms with Crippen molar-refractivity contribution in [3.05, 3.63) is 18.0 Å². The van der Waals surface area contributed by atoms with Gasteiger partial charge in [-0.15, -0.1) is 0 Å². The summed E-state index contributed by atoms with van der Waals surface area (Å²) in [4.78, 5) is 0. The zero-order valence-electron chi connectivity index (χ0n) is 12.0. The van der Waals surface area contributed by atoms with Crippen LogP contribution < -0.4 is 5.32 Å². The smallest absolute Gasteiger partial charge is 0.0547 e. The maximum Gasteiger partial charge on any atom is 0.0547 e. The van der Waals surface area contributed by atoms with Crippen molar-refractivity contribution in [3.63, 3.8) is 0 Å². The summed E-state index contributed by atoms with van der Waals surface area (Å²) >= 11 is 0. The molecule has 1 aromatic rings. The Labute approximate surface area is 111 Å². The molecule has 1 fully saturated rings. The first kappa shape index (κ1) is 13.6. The number of aromatic nitrogens is 2. The molecule has 1 aromatic heterocycles. The van der Waals surface area contributed by atoms with E-state index in [0.717, 1.165) is 12.5 Å². The van der Waals surface area contributed by atoms with E-state index in [2.05, 4.69) is 42.1 Å². The molecule has 0 amide bonds. The summed E-state index contributed by atoms with van der Waals surface area (Å²) < 4.78 is 2.23. The van der Waals surface area contributed by atoms with Crippen molar-refractivity contribution < 1.29 is 0 Å². The monoisotopic (exact) mass is 249 g/mol. The van der Waals surface area contributed by atoms with Crippen LogP contribution in [0.25, 0.3) is 0 Å². The molecule has 0 radical (unpaired) electrons. The van der Waals surface area contributed by atoms with Crippen molar-refractivity contribution in [2.45, 2.75) is 71.5 Å². The SMILES string of the molecule is CCC1CCCCC1n1cc(CNC(C)C)cn1. The van der Waals surface area contributed by atoms with E-state index in [1.165, 1.54) is 37.7 Å². The van der Waals surface area contributed by atoms with Crippen molar-refractivity contribution in [1.29, 1.82) is 0 Å². The summed E-state index contributed by atoms with van der Waals surface area (Å²) in [5.74, 6) is 0.824. The second-order valence-corrected chi connectivity index (χ2v) is 5.88. The highest BCUT2D eigenvalue weighted by molar-refractivity contribution is 5.04. The molecule has 2 atom stereocenters. The van der Waals surface area contributed by atoms with E-state index in [9.17, 15) is 0 Å². The molecular weight excluding hydrogens is 222 g/mol. The topological polar surface area (TPSA) is 29.9 Å². The summed E-state index contributed by atoms with van der Waals surface area (Å²) in [7, 11) is 0. The molecule has 1 aliphatic rings. The third-order valence-corrected chi connectivity index (χ3v) is 4.10. The van der Waals surface area contributed by atoms with E-state index in [1.54, 1.807) is 0 Å². The predicted octanol–water partition coefficient (Wildman–Crippen LogP) is 3.52. The molecule has 1 N–H and O–H groups in total. The average molecular weight is 249 g/mol. The zero-order chi connectivity index (χ0) is 13.0. The van der Waals surface area contributed by atoms with E-state index < -0.39 is 0 Å². The Morgan fingerprint density at radius 3 is 2.89 bits per heavy atom. The summed E-state index contributed by atoms with van der Waals surface area (Å²) in [6.07, 6.45) is 11.0. The van der Waals surface area contributed by atoms with Crippen molar-refractivity contribution in [2.75, 3.05) is 0 Å². The molecule has 3 heteroatoms. The normalized spacial score (nSPS) is 24.7. The predicted molar refractivity (Wildman–Crippen MR) is 75.5 cm³/mol. The largest absolute Gasteiger partial charge is 0.310 e. The van der Waals surface area contributed by atoms with Gasteiger partial charge in [-0.05, 0) is 18.8 Å². The minimum absolute atomic E-state index is 0.534. The molecule has 3 nitrogen and oxygen atoms in total. The van der Waals surface area contributed by atoms with Gasteiger partial charge in [0.15, 0.2) is 0 Å². The molecule has 2 unspecified atom stereocenters. The Hall–Kier alpha value is -0.830. The van der Waals surface area contributed by atoms with Crippen LogP contribution in [0.5, 0.6) is 0 Å². The van der Waals surface area contributed by atoms with Gasteiger partial charge < -0.3 is 5.32 Å². The second kappa shape index (κ2) is 6.37. The van der Waals surface area contributed by atoms with Gasteiger partial charge in [-0.25, -0.2) is 0 Å². The molecular formula is C15H27N3. The Morgan fingerprint density at radius 1 is 1.39 bits per heavy atom. The summed E-state index contributed by atoms with van der Waals surface area (Å²) in [6, 6.07) is 1.17. The quantitative estimate of drug-likeness (QED) is 0.865. The number of rotatable bonds is 5. The van der Waals surface area contributed by atoms with E-state index >= 15 is 0 Å². The van der Waals surface area contributed by atoms with Gasteiger partial charge >= 0.3 is 0 Å². The molecule has 0 spiro atoms. The Balaban J connectivity index is 1.99. The molecule has 18 heavy (non-hydrogen) atoms. The summed E-state index contributed by atoms with van der Waals surface area (Å²) in [6.45, 7) is 7.60. The lowest BCUT2D eigenvalue weighted by molar-refractivity contribution is 0.217. The van der Waals surface area contributed by atoms with E-state index in [4.69, 9.17) is 0 Å². The lowest BCUT2D eigenvalue weighted by atomic mass is 9.83. The van der Waals surface area contributed by atoms with E-state index in [0.29, 0.717) is 12.1 Å². The highest BCUT2D eigenvalue weighted by Gasteiger charge is 2.25. The fourth-order valence-corrected chi connectivity index (χ4v) is 2.98. The Bertz CT molecular complexity index is 356. The second-order valence-electron chi connectivity index (χ2n) is 5.88. The zero-order valence-corrected chi connectivity index (χ0v) is 12.0. The highest BCUT2D eigenvalue weighted by atomic mass is 15.3. The maximum atomic E-state index is 4.59. The molecule has 0 aromatic carbocycles. The molecule has 1 heterocycles. The molecule has 1 saturated carbocycles. The lowest BCUT2D eigenvalue weighted by Crippen LogP contribution is -2.23. The number of nitrogens with one attached hydrogen (secondary N) is 1. The van der Waals surface area contributed by atoms with Crippen molar-refractivity contribution in [1.82, 2.24) is 15.1 Å². The number of hydrogen-bond donors (Lipinski definition) is 1. The first-order valence-corrected chi connectivity index (χ1v) is 7.47. The number of hydrogen-bond acceptors (Lipinski definition) is 2. The van der Waals surface area contributed by atoms with Crippen LogP contribution in [-0.4, -0.2) is 15.8 Å². The van der Waals surface area contributed by atoms with Gasteiger partial charge in [0, 0.05) is 24.3 Å². The van der Waals surface area contributed by atoms with Crippen LogP contribution in [0, 0.1) is 5.92 Å². The standard InChI is InChI=1S/C15H27N3/c1-4-14-7-5-6-8-15(14)18-11-13(10-17-18)9-16-12(2)3/h10-12,14-16H,4-9H2,1-3H3. The van der Waals surface area contributed by atoms with E-state index in [1.807, 2.05) is 6.20 Å². The summed E-state index contributed by atoms with van der Waals surface area (Å²) in [5.41, 5.74) is 1.31. The molecule has 2 rings (SSSR count). The van der Waals surface area contributed by atoms with Crippen LogP contribution in [0.15, 0.2) is 12.4 Å². The molecule has 0 bridgehead atoms. The first-order chi connectivity index (χ1) is 8.70. The Kier molecular flexibility index (Phi) is 4.81. The van der Waals surface area contributed by atoms with Gasteiger partial charge in [-0.1, -0.05) is 40.0 Å². The van der Waals surface area contributed by atoms with Crippen LogP contribution in [0.1, 0.15) is 64.5 Å². The van der Waals surface area contributed by atoms with Gasteiger partial charge in [0.05, 0.1) is 12.2 Å². The summed E-state index contributed by atoms with van der Waals surface area (Å²) in [5, 5.41) is 8.04. The number of nitrogens with zero attached hydrogens (tertiary/aromatic N) is 2. The van der Waals surface area contributed by atoms with Crippen LogP contribution in [0.3, 0.4) is 0 Å². The first-order valence-electron chi connectivity index (χ1n) is 7.47. The Morgan fingerprint density at radius 2 is 2.17 bits per heavy atom. The third-order valence-electron chi connectivity index (χ3n) is 4.10. The average Bonchev–Trinajstić information content (AvgIpc) is 2.85. The lowest BCUT2D eigenvalue weighted by Gasteiger charge is -2.30. The van der Waals surface area contributed by atoms with Crippen molar-refractivity contribution in [3.8, 4) is 0 Å². The molecule has 0 saturated heterocycles. The van der Waals surface area contributed by atoms with E-state index in [-0.39, 0.29) is 0 Å². The molecule has 1 aliphatic carbocycles. The minimum atomic E-state index is 0.534. The minimum Gasteiger partial charge on any atom is -0.310 e. The van der Waals surface area contributed by atoms with Crippen LogP contribution in [-0.2, 0) is 6.54 Å². The fourth-order valence-electron chi connectivity index (χ4n) is 2.98. The van der Waals surface area contributed by atoms with Gasteiger partial charge in [-0.3, -0.25) is 4.68 Å². The maximum absolute atomic E-state index is 4.59. The van der Waals surface area contributed by atoms with Crippen molar-refractivity contribution in [2.24, 2.45) is 5.92 Å².